The Balaban J connectivity index is 1.32. The molecule has 41 heavy (non-hydrogen) atoms. The molecule has 0 aliphatic carbocycles. The highest BCUT2D eigenvalue weighted by Gasteiger charge is 2.43. The summed E-state index contributed by atoms with van der Waals surface area (Å²) in [4.78, 5) is 50.3. The molecule has 3 aromatic rings. The zero-order valence-electron chi connectivity index (χ0n) is 22.5. The third kappa shape index (κ3) is 6.30. The Labute approximate surface area is 240 Å². The highest BCUT2D eigenvalue weighted by Crippen LogP contribution is 2.36. The number of rotatable bonds is 9. The van der Waals surface area contributed by atoms with Crippen LogP contribution in [-0.4, -0.2) is 52.0 Å². The van der Waals surface area contributed by atoms with Crippen LogP contribution < -0.4 is 15.4 Å². The standard InChI is InChI=1S/C30H28FN5O4S/c1-3-25(28(38)33-20-7-6-8-21(15-20)40-2)41-30-35-23-10-5-4-9-22(23)27-34-24(29(39)36(27)30)16-26(37)32-17-18-11-13-19(31)14-12-18/h4-15,24-25H,3,16-17H2,1-2H3,(H,32,37)(H,33,38)/t24-,25+/m1/s1. The lowest BCUT2D eigenvalue weighted by Gasteiger charge is -2.27. The van der Waals surface area contributed by atoms with Crippen molar-refractivity contribution in [1.29, 1.82) is 0 Å². The summed E-state index contributed by atoms with van der Waals surface area (Å²) in [5.74, 6) is -0.325. The number of methoxy groups -OCH3 is 1. The van der Waals surface area contributed by atoms with E-state index in [4.69, 9.17) is 9.73 Å². The van der Waals surface area contributed by atoms with E-state index in [0.717, 1.165) is 5.56 Å². The Kier molecular flexibility index (Phi) is 8.44. The number of benzene rings is 3. The molecule has 2 N–H and O–H groups in total. The number of carbonyl (C=O) groups is 3. The van der Waals surface area contributed by atoms with E-state index >= 15 is 0 Å². The highest BCUT2D eigenvalue weighted by molar-refractivity contribution is 8.15. The lowest BCUT2D eigenvalue weighted by Crippen LogP contribution is -2.43. The quantitative estimate of drug-likeness (QED) is 0.387. The summed E-state index contributed by atoms with van der Waals surface area (Å²) < 4.78 is 18.4. The molecule has 0 saturated heterocycles. The fraction of sp³-hybridized carbons (Fsp3) is 0.233. The van der Waals surface area contributed by atoms with Gasteiger partial charge in [-0.2, -0.15) is 0 Å². The molecule has 5 rings (SSSR count). The SMILES string of the molecule is CC[C@H](SC1=Nc2ccccc2C2=N[C@H](CC(=O)NCc3ccc(F)cc3)C(=O)N12)C(=O)Nc1cccc(OC)c1. The largest absolute Gasteiger partial charge is 0.497 e. The molecule has 2 aliphatic rings. The Morgan fingerprint density at radius 2 is 1.88 bits per heavy atom. The topological polar surface area (TPSA) is 112 Å². The average Bonchev–Trinajstić information content (AvgIpc) is 3.31. The molecule has 0 unspecified atom stereocenters. The van der Waals surface area contributed by atoms with Crippen LogP contribution >= 0.6 is 11.8 Å². The number of nitrogens with zero attached hydrogens (tertiary/aromatic N) is 3. The van der Waals surface area contributed by atoms with Gasteiger partial charge in [0.05, 0.1) is 24.5 Å². The maximum atomic E-state index is 13.6. The third-order valence-corrected chi connectivity index (χ3v) is 7.89. The summed E-state index contributed by atoms with van der Waals surface area (Å²) in [7, 11) is 1.55. The minimum Gasteiger partial charge on any atom is -0.497 e. The van der Waals surface area contributed by atoms with Gasteiger partial charge in [0.1, 0.15) is 23.4 Å². The fourth-order valence-electron chi connectivity index (χ4n) is 4.44. The van der Waals surface area contributed by atoms with Crippen LogP contribution in [0.4, 0.5) is 15.8 Å². The first-order chi connectivity index (χ1) is 19.9. The van der Waals surface area contributed by atoms with Crippen molar-refractivity contribution in [2.24, 2.45) is 9.98 Å². The average molecular weight is 574 g/mol. The molecule has 0 spiro atoms. The summed E-state index contributed by atoms with van der Waals surface area (Å²) in [6.07, 6.45) is 0.318. The number of thioether (sulfide) groups is 1. The monoisotopic (exact) mass is 573 g/mol. The lowest BCUT2D eigenvalue weighted by molar-refractivity contribution is -0.128. The van der Waals surface area contributed by atoms with Crippen molar-refractivity contribution in [2.75, 3.05) is 12.4 Å². The van der Waals surface area contributed by atoms with Gasteiger partial charge in [-0.1, -0.05) is 49.0 Å². The van der Waals surface area contributed by atoms with Gasteiger partial charge in [0.25, 0.3) is 5.91 Å². The van der Waals surface area contributed by atoms with Crippen molar-refractivity contribution in [3.8, 4) is 5.75 Å². The molecule has 3 amide bonds. The van der Waals surface area contributed by atoms with Gasteiger partial charge in [-0.05, 0) is 48.4 Å². The molecule has 9 nitrogen and oxygen atoms in total. The number of hydrogen-bond acceptors (Lipinski definition) is 7. The van der Waals surface area contributed by atoms with Gasteiger partial charge in [0.15, 0.2) is 5.17 Å². The Morgan fingerprint density at radius 1 is 1.10 bits per heavy atom. The van der Waals surface area contributed by atoms with E-state index in [1.807, 2.05) is 31.2 Å². The second-order valence-corrected chi connectivity index (χ2v) is 10.6. The van der Waals surface area contributed by atoms with Crippen molar-refractivity contribution in [1.82, 2.24) is 10.2 Å². The molecule has 210 valence electrons. The number of nitrogens with one attached hydrogen (secondary N) is 2. The lowest BCUT2D eigenvalue weighted by atomic mass is 10.1. The molecule has 0 saturated carbocycles. The van der Waals surface area contributed by atoms with Crippen LogP contribution in [0.15, 0.2) is 82.8 Å². The number of amides is 3. The second kappa shape index (κ2) is 12.3. The molecular weight excluding hydrogens is 545 g/mol. The predicted octanol–water partition coefficient (Wildman–Crippen LogP) is 4.65. The number of hydrogen-bond donors (Lipinski definition) is 2. The summed E-state index contributed by atoms with van der Waals surface area (Å²) in [5, 5.41) is 5.45. The van der Waals surface area contributed by atoms with E-state index in [9.17, 15) is 18.8 Å². The van der Waals surface area contributed by atoms with Crippen molar-refractivity contribution >= 4 is 51.9 Å². The van der Waals surface area contributed by atoms with Crippen molar-refractivity contribution in [3.05, 3.63) is 89.7 Å². The molecule has 2 aliphatic heterocycles. The first kappa shape index (κ1) is 28.0. The molecule has 0 bridgehead atoms. The van der Waals surface area contributed by atoms with Gasteiger partial charge < -0.3 is 15.4 Å². The summed E-state index contributed by atoms with van der Waals surface area (Å²) in [6.45, 7) is 2.08. The van der Waals surface area contributed by atoms with Crippen LogP contribution in [0.3, 0.4) is 0 Å². The van der Waals surface area contributed by atoms with Gasteiger partial charge in [-0.25, -0.2) is 14.3 Å². The summed E-state index contributed by atoms with van der Waals surface area (Å²) in [5.41, 5.74) is 2.63. The van der Waals surface area contributed by atoms with Crippen LogP contribution in [0.1, 0.15) is 30.9 Å². The zero-order chi connectivity index (χ0) is 28.9. The van der Waals surface area contributed by atoms with Crippen LogP contribution in [0.2, 0.25) is 0 Å². The molecule has 3 aromatic carbocycles. The predicted molar refractivity (Wildman–Crippen MR) is 157 cm³/mol. The highest BCUT2D eigenvalue weighted by atomic mass is 32.2. The van der Waals surface area contributed by atoms with Crippen molar-refractivity contribution in [2.45, 2.75) is 37.6 Å². The number of ether oxygens (including phenoxy) is 1. The summed E-state index contributed by atoms with van der Waals surface area (Å²) in [6, 6.07) is 19.2. The van der Waals surface area contributed by atoms with E-state index in [1.54, 1.807) is 43.5 Å². The molecule has 0 fully saturated rings. The fourth-order valence-corrected chi connectivity index (χ4v) is 5.46. The van der Waals surface area contributed by atoms with E-state index in [0.29, 0.717) is 40.1 Å². The van der Waals surface area contributed by atoms with E-state index in [-0.39, 0.29) is 36.5 Å². The van der Waals surface area contributed by atoms with Crippen molar-refractivity contribution < 1.29 is 23.5 Å². The molecule has 2 heterocycles. The first-order valence-corrected chi connectivity index (χ1v) is 14.0. The van der Waals surface area contributed by atoms with Gasteiger partial charge in [-0.3, -0.25) is 19.4 Å². The van der Waals surface area contributed by atoms with E-state index in [2.05, 4.69) is 15.6 Å². The number of amidine groups is 2. The summed E-state index contributed by atoms with van der Waals surface area (Å²) >= 11 is 1.18. The number of fused-ring (bicyclic) bond motifs is 3. The first-order valence-electron chi connectivity index (χ1n) is 13.1. The Hall–Kier alpha value is -4.51. The number of aliphatic imine (C=N–C) groups is 2. The van der Waals surface area contributed by atoms with Crippen LogP contribution in [0.5, 0.6) is 5.75 Å². The Bertz CT molecular complexity index is 1540. The zero-order valence-corrected chi connectivity index (χ0v) is 23.3. The second-order valence-electron chi connectivity index (χ2n) is 9.40. The minimum atomic E-state index is -0.944. The maximum absolute atomic E-state index is 13.6. The van der Waals surface area contributed by atoms with Crippen LogP contribution in [0, 0.1) is 5.82 Å². The smallest absolute Gasteiger partial charge is 0.259 e. The van der Waals surface area contributed by atoms with E-state index < -0.39 is 11.3 Å². The molecular formula is C30H28FN5O4S. The van der Waals surface area contributed by atoms with Gasteiger partial charge >= 0.3 is 0 Å². The van der Waals surface area contributed by atoms with Gasteiger partial charge in [0, 0.05) is 23.9 Å². The number of para-hydroxylation sites is 1. The van der Waals surface area contributed by atoms with E-state index in [1.165, 1.54) is 28.8 Å². The number of halogens is 1. The third-order valence-electron chi connectivity index (χ3n) is 6.58. The van der Waals surface area contributed by atoms with Crippen LogP contribution in [0.25, 0.3) is 0 Å². The van der Waals surface area contributed by atoms with Gasteiger partial charge in [-0.15, -0.1) is 0 Å². The number of anilines is 1. The molecule has 0 aromatic heterocycles. The normalized spacial score (nSPS) is 16.2. The van der Waals surface area contributed by atoms with Crippen molar-refractivity contribution in [3.63, 3.8) is 0 Å². The maximum Gasteiger partial charge on any atom is 0.259 e. The molecule has 0 radical (unpaired) electrons. The number of carbonyl (C=O) groups excluding carboxylic acids is 3. The van der Waals surface area contributed by atoms with Crippen LogP contribution in [-0.2, 0) is 20.9 Å². The molecule has 2 atom stereocenters. The molecule has 11 heteroatoms. The minimum absolute atomic E-state index is 0.159. The Morgan fingerprint density at radius 3 is 2.63 bits per heavy atom. The van der Waals surface area contributed by atoms with Gasteiger partial charge in [0.2, 0.25) is 11.8 Å².